The molecular weight excluding hydrogens is 298 g/mol. The number of ether oxygens (including phenoxy) is 1. The highest BCUT2D eigenvalue weighted by Crippen LogP contribution is 2.24. The van der Waals surface area contributed by atoms with Gasteiger partial charge in [-0.15, -0.1) is 11.8 Å². The molecule has 0 fully saturated rings. The Kier molecular flexibility index (Phi) is 6.88. The van der Waals surface area contributed by atoms with E-state index in [1.54, 1.807) is 32.0 Å². The van der Waals surface area contributed by atoms with Gasteiger partial charge in [0, 0.05) is 10.7 Å². The van der Waals surface area contributed by atoms with E-state index in [1.165, 1.54) is 11.8 Å². The number of rotatable bonds is 6. The van der Waals surface area contributed by atoms with Gasteiger partial charge in [0.2, 0.25) is 5.91 Å². The molecule has 110 valence electrons. The maximum absolute atomic E-state index is 12.0. The third-order valence-electron chi connectivity index (χ3n) is 2.65. The molecule has 0 spiro atoms. The normalized spacial score (nSPS) is 11.8. The van der Waals surface area contributed by atoms with Gasteiger partial charge in [-0.25, -0.2) is 0 Å². The average molecular weight is 316 g/mol. The number of nitrogens with one attached hydrogen (secondary N) is 1. The minimum atomic E-state index is -0.349. The summed E-state index contributed by atoms with van der Waals surface area (Å²) in [5.41, 5.74) is 1.51. The lowest BCUT2D eigenvalue weighted by Gasteiger charge is -2.13. The van der Waals surface area contributed by atoms with Crippen molar-refractivity contribution in [1.82, 2.24) is 0 Å². The third kappa shape index (κ3) is 5.06. The standard InChI is InChI=1S/C14H18ClNO3S/c1-4-19-13(17)8-20-10(3)14(18)16-12-7-5-6-11(15)9(12)2/h5-7,10H,4,8H2,1-3H3,(H,16,18)/t10-/m0/s1. The van der Waals surface area contributed by atoms with E-state index in [4.69, 9.17) is 16.3 Å². The van der Waals surface area contributed by atoms with Gasteiger partial charge in [-0.1, -0.05) is 17.7 Å². The molecule has 0 aliphatic rings. The number of thioether (sulfide) groups is 1. The third-order valence-corrected chi connectivity index (χ3v) is 4.18. The van der Waals surface area contributed by atoms with Crippen LogP contribution in [0.5, 0.6) is 0 Å². The zero-order valence-corrected chi connectivity index (χ0v) is 13.3. The van der Waals surface area contributed by atoms with Crippen LogP contribution in [0.25, 0.3) is 0 Å². The molecule has 0 unspecified atom stereocenters. The molecule has 0 aromatic heterocycles. The van der Waals surface area contributed by atoms with Crippen molar-refractivity contribution >= 4 is 40.9 Å². The fraction of sp³-hybridized carbons (Fsp3) is 0.429. The largest absolute Gasteiger partial charge is 0.465 e. The summed E-state index contributed by atoms with van der Waals surface area (Å²) in [6.45, 7) is 5.69. The van der Waals surface area contributed by atoms with Crippen molar-refractivity contribution in [2.75, 3.05) is 17.7 Å². The van der Waals surface area contributed by atoms with Gasteiger partial charge in [0.05, 0.1) is 17.6 Å². The highest BCUT2D eigenvalue weighted by Gasteiger charge is 2.16. The Bertz CT molecular complexity index is 493. The fourth-order valence-corrected chi connectivity index (χ4v) is 2.30. The highest BCUT2D eigenvalue weighted by molar-refractivity contribution is 8.01. The summed E-state index contributed by atoms with van der Waals surface area (Å²) in [6.07, 6.45) is 0. The van der Waals surface area contributed by atoms with Crippen molar-refractivity contribution in [2.45, 2.75) is 26.0 Å². The number of halogens is 1. The second-order valence-corrected chi connectivity index (χ2v) is 5.90. The lowest BCUT2D eigenvalue weighted by Crippen LogP contribution is -2.24. The molecular formula is C14H18ClNO3S. The van der Waals surface area contributed by atoms with Crippen LogP contribution < -0.4 is 5.32 Å². The molecule has 0 bridgehead atoms. The Hall–Kier alpha value is -1.20. The molecule has 4 nitrogen and oxygen atoms in total. The van der Waals surface area contributed by atoms with E-state index < -0.39 is 0 Å². The number of hydrogen-bond acceptors (Lipinski definition) is 4. The molecule has 1 amide bonds. The quantitative estimate of drug-likeness (QED) is 0.819. The Morgan fingerprint density at radius 2 is 2.15 bits per heavy atom. The van der Waals surface area contributed by atoms with E-state index in [1.807, 2.05) is 6.92 Å². The monoisotopic (exact) mass is 315 g/mol. The number of carbonyl (C=O) groups is 2. The zero-order valence-electron chi connectivity index (χ0n) is 11.7. The maximum atomic E-state index is 12.0. The van der Waals surface area contributed by atoms with Gasteiger partial charge in [-0.05, 0) is 38.5 Å². The van der Waals surface area contributed by atoms with Crippen LogP contribution >= 0.6 is 23.4 Å². The lowest BCUT2D eigenvalue weighted by molar-refractivity contribution is -0.139. The van der Waals surface area contributed by atoms with E-state index in [9.17, 15) is 9.59 Å². The van der Waals surface area contributed by atoms with Crippen molar-refractivity contribution in [3.05, 3.63) is 28.8 Å². The first-order valence-electron chi connectivity index (χ1n) is 6.29. The molecule has 0 saturated heterocycles. The summed E-state index contributed by atoms with van der Waals surface area (Å²) in [5.74, 6) is -0.308. The van der Waals surface area contributed by atoms with Crippen LogP contribution in [-0.2, 0) is 14.3 Å². The molecule has 0 heterocycles. The van der Waals surface area contributed by atoms with Gasteiger partial charge in [-0.3, -0.25) is 9.59 Å². The second-order valence-electron chi connectivity index (χ2n) is 4.16. The van der Waals surface area contributed by atoms with Crippen LogP contribution in [0.2, 0.25) is 5.02 Å². The van der Waals surface area contributed by atoms with Gasteiger partial charge >= 0.3 is 5.97 Å². The van der Waals surface area contributed by atoms with E-state index in [0.717, 1.165) is 5.56 Å². The number of benzene rings is 1. The molecule has 20 heavy (non-hydrogen) atoms. The summed E-state index contributed by atoms with van der Waals surface area (Å²) in [5, 5.41) is 3.07. The molecule has 0 radical (unpaired) electrons. The molecule has 1 rings (SSSR count). The topological polar surface area (TPSA) is 55.4 Å². The van der Waals surface area contributed by atoms with Gasteiger partial charge in [-0.2, -0.15) is 0 Å². The van der Waals surface area contributed by atoms with Crippen LogP contribution in [0.3, 0.4) is 0 Å². The molecule has 1 N–H and O–H groups in total. The minimum absolute atomic E-state index is 0.162. The predicted octanol–water partition coefficient (Wildman–Crippen LogP) is 3.27. The van der Waals surface area contributed by atoms with Crippen LogP contribution in [0, 0.1) is 6.92 Å². The van der Waals surface area contributed by atoms with Gasteiger partial charge in [0.15, 0.2) is 0 Å². The van der Waals surface area contributed by atoms with E-state index >= 15 is 0 Å². The molecule has 1 atom stereocenters. The Morgan fingerprint density at radius 1 is 1.45 bits per heavy atom. The first-order chi connectivity index (χ1) is 9.45. The van der Waals surface area contributed by atoms with E-state index in [2.05, 4.69) is 5.32 Å². The second kappa shape index (κ2) is 8.17. The number of anilines is 1. The van der Waals surface area contributed by atoms with Crippen molar-refractivity contribution in [2.24, 2.45) is 0 Å². The summed E-state index contributed by atoms with van der Waals surface area (Å²) in [4.78, 5) is 23.3. The molecule has 0 saturated carbocycles. The number of carbonyl (C=O) groups excluding carboxylic acids is 2. The van der Waals surface area contributed by atoms with Crippen LogP contribution in [-0.4, -0.2) is 29.5 Å². The average Bonchev–Trinajstić information content (AvgIpc) is 2.41. The zero-order chi connectivity index (χ0) is 15.1. The maximum Gasteiger partial charge on any atom is 0.315 e. The van der Waals surface area contributed by atoms with Crippen molar-refractivity contribution in [1.29, 1.82) is 0 Å². The summed E-state index contributed by atoms with van der Waals surface area (Å²) in [7, 11) is 0. The molecule has 0 aliphatic carbocycles. The predicted molar refractivity (Wildman–Crippen MR) is 83.4 cm³/mol. The van der Waals surface area contributed by atoms with E-state index in [-0.39, 0.29) is 22.9 Å². The molecule has 1 aromatic rings. The fourth-order valence-electron chi connectivity index (χ4n) is 1.45. The number of amides is 1. The summed E-state index contributed by atoms with van der Waals surface area (Å²) in [6, 6.07) is 5.34. The first-order valence-corrected chi connectivity index (χ1v) is 7.71. The first kappa shape index (κ1) is 16.9. The van der Waals surface area contributed by atoms with Crippen molar-refractivity contribution in [3.63, 3.8) is 0 Å². The molecule has 0 aliphatic heterocycles. The SMILES string of the molecule is CCOC(=O)CS[C@@H](C)C(=O)Nc1cccc(Cl)c1C. The highest BCUT2D eigenvalue weighted by atomic mass is 35.5. The van der Waals surface area contributed by atoms with Crippen molar-refractivity contribution < 1.29 is 14.3 Å². The smallest absolute Gasteiger partial charge is 0.315 e. The molecule has 6 heteroatoms. The van der Waals surface area contributed by atoms with Gasteiger partial charge in [0.25, 0.3) is 0 Å². The Balaban J connectivity index is 2.53. The minimum Gasteiger partial charge on any atom is -0.465 e. The van der Waals surface area contributed by atoms with Gasteiger partial charge in [0.1, 0.15) is 0 Å². The van der Waals surface area contributed by atoms with Crippen LogP contribution in [0.15, 0.2) is 18.2 Å². The van der Waals surface area contributed by atoms with Gasteiger partial charge < -0.3 is 10.1 Å². The van der Waals surface area contributed by atoms with Crippen LogP contribution in [0.4, 0.5) is 5.69 Å². The Morgan fingerprint density at radius 3 is 2.80 bits per heavy atom. The lowest BCUT2D eigenvalue weighted by atomic mass is 10.2. The summed E-state index contributed by atoms with van der Waals surface area (Å²) < 4.78 is 4.82. The summed E-state index contributed by atoms with van der Waals surface area (Å²) >= 11 is 7.24. The molecule has 1 aromatic carbocycles. The number of esters is 1. The Labute approximate surface area is 128 Å². The number of hydrogen-bond donors (Lipinski definition) is 1. The van der Waals surface area contributed by atoms with Crippen molar-refractivity contribution in [3.8, 4) is 0 Å². The van der Waals surface area contributed by atoms with Crippen LogP contribution in [0.1, 0.15) is 19.4 Å². The van der Waals surface area contributed by atoms with E-state index in [0.29, 0.717) is 17.3 Å².